The van der Waals surface area contributed by atoms with Crippen molar-refractivity contribution < 1.29 is 24.6 Å². The molecular weight excluding hydrogens is 366 g/mol. The van der Waals surface area contributed by atoms with Crippen molar-refractivity contribution in [3.63, 3.8) is 0 Å². The van der Waals surface area contributed by atoms with Crippen molar-refractivity contribution in [2.75, 3.05) is 0 Å². The summed E-state index contributed by atoms with van der Waals surface area (Å²) in [6.07, 6.45) is 3.31. The van der Waals surface area contributed by atoms with Crippen LogP contribution < -0.4 is 16.4 Å². The molecule has 0 bridgehead atoms. The first-order valence-electron chi connectivity index (χ1n) is 8.60. The van der Waals surface area contributed by atoms with Gasteiger partial charge in [-0.1, -0.05) is 12.1 Å². The smallest absolute Gasteiger partial charge is 0.325 e. The number of hydrogen-bond donors (Lipinski definition) is 6. The van der Waals surface area contributed by atoms with Crippen LogP contribution in [0.1, 0.15) is 18.2 Å². The monoisotopic (exact) mass is 389 g/mol. The first kappa shape index (κ1) is 20.9. The Labute approximate surface area is 161 Å². The number of carbonyl (C=O) groups is 3. The average Bonchev–Trinajstić information content (AvgIpc) is 3.15. The van der Waals surface area contributed by atoms with E-state index in [1.54, 1.807) is 18.3 Å². The Bertz CT molecular complexity index is 806. The molecule has 1 heterocycles. The Morgan fingerprint density at radius 2 is 1.82 bits per heavy atom. The molecular formula is C18H23N5O5. The maximum Gasteiger partial charge on any atom is 0.325 e. The van der Waals surface area contributed by atoms with Gasteiger partial charge in [0.25, 0.3) is 0 Å². The van der Waals surface area contributed by atoms with Crippen LogP contribution in [0, 0.1) is 0 Å². The van der Waals surface area contributed by atoms with Gasteiger partial charge in [0.15, 0.2) is 0 Å². The second-order valence-electron chi connectivity index (χ2n) is 6.39. The molecule has 0 saturated carbocycles. The molecule has 0 radical (unpaired) electrons. The van der Waals surface area contributed by atoms with Crippen LogP contribution in [0.15, 0.2) is 36.8 Å². The minimum atomic E-state index is -1.20. The van der Waals surface area contributed by atoms with Gasteiger partial charge in [-0.3, -0.25) is 14.4 Å². The van der Waals surface area contributed by atoms with Crippen LogP contribution in [0.5, 0.6) is 5.75 Å². The predicted octanol–water partition coefficient (Wildman–Crippen LogP) is -0.698. The molecule has 2 rings (SSSR count). The number of carboxylic acid groups (broad SMARTS) is 1. The van der Waals surface area contributed by atoms with Crippen molar-refractivity contribution >= 4 is 17.8 Å². The normalized spacial score (nSPS) is 13.9. The largest absolute Gasteiger partial charge is 0.508 e. The maximum absolute atomic E-state index is 12.5. The summed E-state index contributed by atoms with van der Waals surface area (Å²) in [5.41, 5.74) is 7.24. The number of aromatic amines is 1. The number of carboxylic acids is 1. The third-order valence-corrected chi connectivity index (χ3v) is 4.07. The summed E-state index contributed by atoms with van der Waals surface area (Å²) in [5.74, 6) is -2.34. The molecule has 28 heavy (non-hydrogen) atoms. The third-order valence-electron chi connectivity index (χ3n) is 4.07. The Hall–Kier alpha value is -3.40. The third kappa shape index (κ3) is 6.09. The lowest BCUT2D eigenvalue weighted by atomic mass is 10.0. The standard InChI is InChI=1S/C18H23N5O5/c1-10(18(27)28)22-17(26)15(6-11-2-4-13(24)5-3-11)23-16(25)14(19)7-12-8-20-9-21-12/h2-5,8-10,14-15,24H,6-7,19H2,1H3,(H,20,21)(H,22,26)(H,23,25)(H,27,28)/t10-,14-,15-/m0/s1. The summed E-state index contributed by atoms with van der Waals surface area (Å²) in [6, 6.07) is 3.04. The molecule has 150 valence electrons. The van der Waals surface area contributed by atoms with Gasteiger partial charge >= 0.3 is 5.97 Å². The first-order chi connectivity index (χ1) is 13.3. The molecule has 0 unspecified atom stereocenters. The lowest BCUT2D eigenvalue weighted by Gasteiger charge is -2.22. The number of nitrogens with zero attached hydrogens (tertiary/aromatic N) is 1. The molecule has 2 aromatic rings. The van der Waals surface area contributed by atoms with E-state index in [0.717, 1.165) is 0 Å². The Kier molecular flexibility index (Phi) is 7.10. The predicted molar refractivity (Wildman–Crippen MR) is 99.2 cm³/mol. The van der Waals surface area contributed by atoms with Gasteiger partial charge in [0.05, 0.1) is 12.4 Å². The molecule has 0 aliphatic rings. The molecule has 0 aliphatic carbocycles. The van der Waals surface area contributed by atoms with Gasteiger partial charge in [-0.2, -0.15) is 0 Å². The Balaban J connectivity index is 2.09. The zero-order valence-corrected chi connectivity index (χ0v) is 15.3. The number of aromatic nitrogens is 2. The number of H-pyrrole nitrogens is 1. The van der Waals surface area contributed by atoms with Crippen molar-refractivity contribution in [3.05, 3.63) is 48.0 Å². The van der Waals surface area contributed by atoms with E-state index < -0.39 is 35.9 Å². The Morgan fingerprint density at radius 1 is 1.14 bits per heavy atom. The molecule has 0 saturated heterocycles. The van der Waals surface area contributed by atoms with Crippen LogP contribution in [0.25, 0.3) is 0 Å². The minimum absolute atomic E-state index is 0.0647. The average molecular weight is 389 g/mol. The number of rotatable bonds is 9. The molecule has 3 atom stereocenters. The van der Waals surface area contributed by atoms with E-state index in [0.29, 0.717) is 11.3 Å². The highest BCUT2D eigenvalue weighted by Crippen LogP contribution is 2.12. The van der Waals surface area contributed by atoms with E-state index in [1.807, 2.05) is 0 Å². The second kappa shape index (κ2) is 9.51. The number of aliphatic carboxylic acids is 1. The van der Waals surface area contributed by atoms with E-state index in [2.05, 4.69) is 20.6 Å². The summed E-state index contributed by atoms with van der Waals surface area (Å²) < 4.78 is 0. The van der Waals surface area contributed by atoms with Gasteiger partial charge in [0.2, 0.25) is 11.8 Å². The number of carbonyl (C=O) groups excluding carboxylic acids is 2. The second-order valence-corrected chi connectivity index (χ2v) is 6.39. The fourth-order valence-corrected chi connectivity index (χ4v) is 2.46. The quantitative estimate of drug-likeness (QED) is 0.329. The molecule has 1 aromatic carbocycles. The fourth-order valence-electron chi connectivity index (χ4n) is 2.46. The maximum atomic E-state index is 12.5. The summed E-state index contributed by atoms with van der Waals surface area (Å²) >= 11 is 0. The molecule has 1 aromatic heterocycles. The molecule has 10 heteroatoms. The summed E-state index contributed by atoms with van der Waals surface area (Å²) in [7, 11) is 0. The number of aromatic hydroxyl groups is 1. The van der Waals surface area contributed by atoms with E-state index >= 15 is 0 Å². The van der Waals surface area contributed by atoms with Crippen molar-refractivity contribution in [2.24, 2.45) is 5.73 Å². The number of nitrogens with one attached hydrogen (secondary N) is 3. The van der Waals surface area contributed by atoms with Crippen molar-refractivity contribution in [1.82, 2.24) is 20.6 Å². The zero-order valence-electron chi connectivity index (χ0n) is 15.3. The summed E-state index contributed by atoms with van der Waals surface area (Å²) in [6.45, 7) is 1.32. The van der Waals surface area contributed by atoms with E-state index in [4.69, 9.17) is 10.8 Å². The number of hydrogen-bond acceptors (Lipinski definition) is 6. The van der Waals surface area contributed by atoms with Crippen LogP contribution in [0.2, 0.25) is 0 Å². The highest BCUT2D eigenvalue weighted by atomic mass is 16.4. The Morgan fingerprint density at radius 3 is 2.39 bits per heavy atom. The van der Waals surface area contributed by atoms with Gasteiger partial charge in [-0.15, -0.1) is 0 Å². The lowest BCUT2D eigenvalue weighted by Crippen LogP contribution is -2.55. The molecule has 10 nitrogen and oxygen atoms in total. The number of amides is 2. The van der Waals surface area contributed by atoms with Gasteiger partial charge in [-0.05, 0) is 24.6 Å². The molecule has 2 amide bonds. The molecule has 0 fully saturated rings. The van der Waals surface area contributed by atoms with Crippen LogP contribution in [-0.2, 0) is 27.2 Å². The number of phenolic OH excluding ortho intramolecular Hbond substituents is 1. The number of phenols is 1. The van der Waals surface area contributed by atoms with Crippen molar-refractivity contribution in [1.29, 1.82) is 0 Å². The van der Waals surface area contributed by atoms with E-state index in [1.165, 1.54) is 25.4 Å². The van der Waals surface area contributed by atoms with Crippen molar-refractivity contribution in [2.45, 2.75) is 37.9 Å². The first-order valence-corrected chi connectivity index (χ1v) is 8.60. The number of nitrogens with two attached hydrogens (primary N) is 1. The number of imidazole rings is 1. The van der Waals surface area contributed by atoms with Crippen LogP contribution in [0.4, 0.5) is 0 Å². The summed E-state index contributed by atoms with van der Waals surface area (Å²) in [4.78, 5) is 42.6. The van der Waals surface area contributed by atoms with Crippen LogP contribution >= 0.6 is 0 Å². The summed E-state index contributed by atoms with van der Waals surface area (Å²) in [5, 5.41) is 23.3. The minimum Gasteiger partial charge on any atom is -0.508 e. The van der Waals surface area contributed by atoms with E-state index in [-0.39, 0.29) is 18.6 Å². The van der Waals surface area contributed by atoms with Gasteiger partial charge in [-0.25, -0.2) is 4.98 Å². The van der Waals surface area contributed by atoms with Gasteiger partial charge in [0.1, 0.15) is 17.8 Å². The zero-order chi connectivity index (χ0) is 20.7. The number of benzene rings is 1. The van der Waals surface area contributed by atoms with Crippen LogP contribution in [-0.4, -0.2) is 56.1 Å². The highest BCUT2D eigenvalue weighted by Gasteiger charge is 2.26. The highest BCUT2D eigenvalue weighted by molar-refractivity contribution is 5.91. The van der Waals surface area contributed by atoms with Gasteiger partial charge in [0, 0.05) is 24.7 Å². The fraction of sp³-hybridized carbons (Fsp3) is 0.333. The topological polar surface area (TPSA) is 170 Å². The molecule has 7 N–H and O–H groups in total. The molecule has 0 spiro atoms. The SMILES string of the molecule is C[C@H](NC(=O)[C@H](Cc1ccc(O)cc1)NC(=O)[C@@H](N)Cc1cnc[nH]1)C(=O)O. The van der Waals surface area contributed by atoms with E-state index in [9.17, 15) is 19.5 Å². The van der Waals surface area contributed by atoms with Crippen LogP contribution in [0.3, 0.4) is 0 Å². The van der Waals surface area contributed by atoms with Crippen molar-refractivity contribution in [3.8, 4) is 5.75 Å². The lowest BCUT2D eigenvalue weighted by molar-refractivity contribution is -0.141. The van der Waals surface area contributed by atoms with Gasteiger partial charge < -0.3 is 31.6 Å². The molecule has 0 aliphatic heterocycles.